The highest BCUT2D eigenvalue weighted by Gasteiger charge is 2.42. The van der Waals surface area contributed by atoms with Crippen molar-refractivity contribution in [3.63, 3.8) is 0 Å². The molecule has 0 saturated carbocycles. The molecule has 0 fully saturated rings. The van der Waals surface area contributed by atoms with Crippen LogP contribution in [0.2, 0.25) is 11.6 Å². The Labute approximate surface area is 268 Å². The number of ether oxygens (including phenoxy) is 5. The molecule has 5 nitrogen and oxygen atoms in total. The van der Waals surface area contributed by atoms with Crippen LogP contribution in [0.25, 0.3) is 0 Å². The Morgan fingerprint density at radius 3 is 1.18 bits per heavy atom. The summed E-state index contributed by atoms with van der Waals surface area (Å²) in [5.41, 5.74) is -0.0619. The van der Waals surface area contributed by atoms with Crippen LogP contribution in [-0.4, -0.2) is 78.6 Å². The maximum Gasteiger partial charge on any atom is 0.344 e. The Morgan fingerprint density at radius 1 is 0.436 bits per heavy atom. The molecule has 0 aliphatic rings. The van der Waals surface area contributed by atoms with E-state index < -0.39 is 12.0 Å². The van der Waals surface area contributed by atoms with Crippen molar-refractivity contribution >= 4 is 78.5 Å². The molecule has 13 heteroatoms. The first-order valence-corrected chi connectivity index (χ1v) is 25.0. The summed E-state index contributed by atoms with van der Waals surface area (Å²) in [5, 5.41) is 0. The summed E-state index contributed by atoms with van der Waals surface area (Å²) >= 11 is 36.7. The molecular weight excluding hydrogens is 661 g/mol. The topological polar surface area (TPSA) is 46.2 Å². The highest BCUT2D eigenvalue weighted by atomic mass is 35.8. The van der Waals surface area contributed by atoms with Gasteiger partial charge < -0.3 is 23.7 Å². The molecule has 0 spiro atoms. The smallest absolute Gasteiger partial charge is 0.344 e. The zero-order valence-corrected chi connectivity index (χ0v) is 30.4. The van der Waals surface area contributed by atoms with E-state index in [4.69, 9.17) is 90.2 Å². The summed E-state index contributed by atoms with van der Waals surface area (Å²) in [6.07, 6.45) is 15.4. The molecule has 0 heterocycles. The lowest BCUT2D eigenvalue weighted by molar-refractivity contribution is 0.0506. The number of hydrogen-bond acceptors (Lipinski definition) is 5. The van der Waals surface area contributed by atoms with E-state index in [9.17, 15) is 0 Å². The third-order valence-corrected chi connectivity index (χ3v) is 13.1. The van der Waals surface area contributed by atoms with Crippen molar-refractivity contribution in [1.82, 2.24) is 0 Å². The molecule has 0 radical (unpaired) electrons. The fraction of sp³-hybridized carbons (Fsp3) is 1.00. The van der Waals surface area contributed by atoms with Crippen molar-refractivity contribution < 1.29 is 23.7 Å². The summed E-state index contributed by atoms with van der Waals surface area (Å²) in [7, 11) is 1.68. The summed E-state index contributed by atoms with van der Waals surface area (Å²) in [4.78, 5) is 0. The Kier molecular flexibility index (Phi) is 30.2. The van der Waals surface area contributed by atoms with Crippen LogP contribution in [0.15, 0.2) is 0 Å². The van der Waals surface area contributed by atoms with E-state index in [2.05, 4.69) is 0 Å². The molecule has 0 aromatic rings. The van der Waals surface area contributed by atoms with Gasteiger partial charge in [-0.1, -0.05) is 51.4 Å². The molecule has 236 valence electrons. The molecule has 1 atom stereocenters. The fourth-order valence-electron chi connectivity index (χ4n) is 3.98. The van der Waals surface area contributed by atoms with Gasteiger partial charge in [-0.05, 0) is 50.1 Å². The van der Waals surface area contributed by atoms with Gasteiger partial charge in [0.1, 0.15) is 0 Å². The van der Waals surface area contributed by atoms with Crippen LogP contribution < -0.4 is 0 Å². The maximum atomic E-state index is 6.21. The lowest BCUT2D eigenvalue weighted by Crippen LogP contribution is -2.25. The van der Waals surface area contributed by atoms with Crippen molar-refractivity contribution in [3.05, 3.63) is 0 Å². The van der Waals surface area contributed by atoms with Crippen LogP contribution in [0, 0.1) is 0 Å². The average molecular weight is 714 g/mol. The van der Waals surface area contributed by atoms with Crippen LogP contribution in [0.4, 0.5) is 0 Å². The average Bonchev–Trinajstić information content (AvgIpc) is 2.86. The minimum atomic E-state index is -2.85. The second kappa shape index (κ2) is 28.7. The molecule has 0 aliphatic carbocycles. The minimum Gasteiger partial charge on any atom is -0.382 e. The largest absolute Gasteiger partial charge is 0.382 e. The molecule has 0 bridgehead atoms. The number of halogens is 6. The van der Waals surface area contributed by atoms with Gasteiger partial charge in [0.25, 0.3) is 0 Å². The minimum absolute atomic E-state index is 0.0619. The van der Waals surface area contributed by atoms with Gasteiger partial charge in [-0.3, -0.25) is 0 Å². The zero-order valence-electron chi connectivity index (χ0n) is 23.9. The van der Waals surface area contributed by atoms with Crippen molar-refractivity contribution in [1.29, 1.82) is 0 Å². The van der Waals surface area contributed by atoms with E-state index >= 15 is 0 Å². The molecule has 0 N–H and O–H groups in total. The number of methoxy groups -OCH3 is 1. The SMILES string of the molecule is COCCOCCCOCCCCCCOCCCOCCCCCCCCCC(C[Si](Cl)(Cl)Cl)[Si](Cl)(Cl)Cl. The van der Waals surface area contributed by atoms with Crippen molar-refractivity contribution in [2.75, 3.05) is 66.6 Å². The van der Waals surface area contributed by atoms with Gasteiger partial charge in [-0.15, -0.1) is 66.5 Å². The lowest BCUT2D eigenvalue weighted by atomic mass is 10.1. The summed E-state index contributed by atoms with van der Waals surface area (Å²) < 4.78 is 27.4. The van der Waals surface area contributed by atoms with E-state index in [1.165, 1.54) is 38.5 Å². The van der Waals surface area contributed by atoms with Crippen molar-refractivity contribution in [3.8, 4) is 0 Å². The van der Waals surface area contributed by atoms with E-state index in [0.29, 0.717) is 19.3 Å². The fourth-order valence-corrected chi connectivity index (χ4v) is 13.0. The molecule has 0 aromatic carbocycles. The van der Waals surface area contributed by atoms with Gasteiger partial charge in [-0.2, -0.15) is 0 Å². The standard InChI is InChI=1S/C26H52Cl6O5Si2/c1-33-23-24-37-22-14-21-36-18-12-8-7-11-17-35-20-13-19-34-16-10-6-4-2-3-5-9-15-26(39(30,31)32)25-38(27,28)29/h26H,2-25H2,1H3. The van der Waals surface area contributed by atoms with Crippen molar-refractivity contribution in [2.45, 2.75) is 101 Å². The molecule has 0 aromatic heterocycles. The first kappa shape index (κ1) is 41.0. The molecule has 1 unspecified atom stereocenters. The van der Waals surface area contributed by atoms with Crippen molar-refractivity contribution in [2.24, 2.45) is 0 Å². The highest BCUT2D eigenvalue weighted by Crippen LogP contribution is 2.45. The Hall–Kier alpha value is 1.97. The Bertz CT molecular complexity index is 516. The van der Waals surface area contributed by atoms with E-state index in [0.717, 1.165) is 97.6 Å². The van der Waals surface area contributed by atoms with Gasteiger partial charge in [-0.25, -0.2) is 0 Å². The molecule has 0 saturated heterocycles. The predicted molar refractivity (Wildman–Crippen MR) is 175 cm³/mol. The first-order chi connectivity index (χ1) is 18.7. The molecule has 0 amide bonds. The van der Waals surface area contributed by atoms with Crippen LogP contribution in [-0.2, 0) is 23.7 Å². The quantitative estimate of drug-likeness (QED) is 0.0407. The van der Waals surface area contributed by atoms with E-state index in [-0.39, 0.29) is 5.54 Å². The van der Waals surface area contributed by atoms with Gasteiger partial charge in [0.2, 0.25) is 0 Å². The monoisotopic (exact) mass is 710 g/mol. The predicted octanol–water partition coefficient (Wildman–Crippen LogP) is 9.84. The Morgan fingerprint density at radius 2 is 0.795 bits per heavy atom. The normalized spacial score (nSPS) is 13.3. The lowest BCUT2D eigenvalue weighted by Gasteiger charge is -2.24. The third-order valence-electron chi connectivity index (χ3n) is 6.20. The maximum absolute atomic E-state index is 6.21. The van der Waals surface area contributed by atoms with Gasteiger partial charge in [0.15, 0.2) is 0 Å². The van der Waals surface area contributed by atoms with Gasteiger partial charge in [0.05, 0.1) is 13.2 Å². The number of hydrogen-bond donors (Lipinski definition) is 0. The summed E-state index contributed by atoms with van der Waals surface area (Å²) in [6, 6.07) is -5.19. The number of unbranched alkanes of at least 4 members (excludes halogenated alkanes) is 9. The third kappa shape index (κ3) is 32.7. The molecule has 0 rings (SSSR count). The molecule has 39 heavy (non-hydrogen) atoms. The summed E-state index contributed by atoms with van der Waals surface area (Å²) in [6.45, 7) is 6.87. The Balaban J connectivity index is 3.26. The zero-order chi connectivity index (χ0) is 29.1. The first-order valence-electron chi connectivity index (χ1n) is 14.6. The van der Waals surface area contributed by atoms with E-state index in [1.807, 2.05) is 0 Å². The van der Waals surface area contributed by atoms with Gasteiger partial charge in [0, 0.05) is 53.4 Å². The second-order valence-electron chi connectivity index (χ2n) is 9.88. The van der Waals surface area contributed by atoms with E-state index in [1.54, 1.807) is 7.11 Å². The molecular formula is C26H52Cl6O5Si2. The highest BCUT2D eigenvalue weighted by molar-refractivity contribution is 7.67. The number of rotatable bonds is 31. The van der Waals surface area contributed by atoms with Crippen LogP contribution in [0.5, 0.6) is 0 Å². The summed E-state index contributed by atoms with van der Waals surface area (Å²) in [5.74, 6) is 0. The van der Waals surface area contributed by atoms with Crippen LogP contribution >= 0.6 is 66.5 Å². The second-order valence-corrected chi connectivity index (χ2v) is 28.1. The van der Waals surface area contributed by atoms with Gasteiger partial charge >= 0.3 is 12.0 Å². The van der Waals surface area contributed by atoms with Crippen LogP contribution in [0.3, 0.4) is 0 Å². The van der Waals surface area contributed by atoms with Crippen LogP contribution in [0.1, 0.15) is 89.9 Å². The molecule has 0 aliphatic heterocycles.